The van der Waals surface area contributed by atoms with Crippen molar-refractivity contribution in [2.75, 3.05) is 49.3 Å². The fraction of sp³-hybridized carbons (Fsp3) is 0.531. The van der Waals surface area contributed by atoms with Crippen LogP contribution in [0, 0.1) is 0 Å². The van der Waals surface area contributed by atoms with E-state index >= 15 is 0 Å². The van der Waals surface area contributed by atoms with E-state index in [0.29, 0.717) is 56.3 Å². The Bertz CT molecular complexity index is 1610. The van der Waals surface area contributed by atoms with E-state index in [-0.39, 0.29) is 30.5 Å². The van der Waals surface area contributed by atoms with E-state index in [4.69, 9.17) is 23.9 Å². The summed E-state index contributed by atoms with van der Waals surface area (Å²) in [5, 5.41) is 10.2. The van der Waals surface area contributed by atoms with Crippen molar-refractivity contribution in [2.24, 2.45) is 0 Å². The molecule has 46 heavy (non-hydrogen) atoms. The lowest BCUT2D eigenvalue weighted by Gasteiger charge is -2.53. The maximum absolute atomic E-state index is 14.0. The van der Waals surface area contributed by atoms with E-state index < -0.39 is 36.0 Å². The van der Waals surface area contributed by atoms with Gasteiger partial charge in [-0.1, -0.05) is 6.07 Å². The van der Waals surface area contributed by atoms with Crippen LogP contribution in [0.3, 0.4) is 0 Å². The van der Waals surface area contributed by atoms with E-state index in [1.807, 2.05) is 13.1 Å². The van der Waals surface area contributed by atoms with Crippen molar-refractivity contribution in [1.82, 2.24) is 19.9 Å². The number of alkyl halides is 2. The minimum atomic E-state index is -2.98. The summed E-state index contributed by atoms with van der Waals surface area (Å²) >= 11 is 0. The first-order valence-electron chi connectivity index (χ1n) is 15.7. The van der Waals surface area contributed by atoms with Gasteiger partial charge in [0, 0.05) is 31.3 Å². The zero-order chi connectivity index (χ0) is 32.0. The maximum Gasteiger partial charge on any atom is 0.326 e. The van der Waals surface area contributed by atoms with Gasteiger partial charge in [-0.15, -0.1) is 0 Å². The van der Waals surface area contributed by atoms with Gasteiger partial charge in [-0.3, -0.25) is 0 Å². The highest BCUT2D eigenvalue weighted by Gasteiger charge is 2.50. The second-order valence-electron chi connectivity index (χ2n) is 12.2. The normalized spacial score (nSPS) is 23.9. The Morgan fingerprint density at radius 2 is 1.98 bits per heavy atom. The van der Waals surface area contributed by atoms with Crippen LogP contribution in [0.1, 0.15) is 56.8 Å². The monoisotopic (exact) mass is 638 g/mol. The molecule has 4 aliphatic rings. The molecular formula is C32H36F2N6O6. The number of hydrogen-bond acceptors (Lipinski definition) is 11. The number of nitrogens with zero attached hydrogens (tertiary/aromatic N) is 6. The smallest absolute Gasteiger partial charge is 0.326 e. The fourth-order valence-electron chi connectivity index (χ4n) is 6.44. The lowest BCUT2D eigenvalue weighted by atomic mass is 9.90. The van der Waals surface area contributed by atoms with Crippen molar-refractivity contribution in [3.8, 4) is 23.1 Å². The zero-order valence-corrected chi connectivity index (χ0v) is 25.6. The molecule has 7 rings (SSSR count). The number of anilines is 2. The van der Waals surface area contributed by atoms with Crippen LogP contribution in [-0.4, -0.2) is 94.3 Å². The molecule has 6 heterocycles. The molecule has 12 nitrogen and oxygen atoms in total. The Balaban J connectivity index is 1.19. The van der Waals surface area contributed by atoms with Crippen LogP contribution < -0.4 is 19.3 Å². The number of carbonyl (C=O) groups is 1. The van der Waals surface area contributed by atoms with Gasteiger partial charge in [-0.25, -0.2) is 33.5 Å². The standard InChI is InChI=1S/C32H36F2N6O6/c1-3-44-27-6-4-5-22(36-27)23-13-26(38-29(37-23)28(33)34)40-15-21(12-25(40)31(41)42)46-30-24(11-20(14-35-30)19-7-8-19)39-9-10-45-32(18(39)2)16-43-17-32/h4-6,11,13-14,18-19,21,25,28H,3,7-10,12,15-17H2,1-2H3,(H,41,42)/t18-,21-,25-/m0/s1. The molecule has 0 radical (unpaired) electrons. The van der Waals surface area contributed by atoms with Crippen molar-refractivity contribution < 1.29 is 37.6 Å². The molecule has 3 aromatic rings. The van der Waals surface area contributed by atoms with Crippen LogP contribution in [0.2, 0.25) is 0 Å². The Morgan fingerprint density at radius 1 is 1.15 bits per heavy atom. The summed E-state index contributed by atoms with van der Waals surface area (Å²) in [7, 11) is 0. The molecule has 3 aromatic heterocycles. The SMILES string of the molecule is CCOc1cccc(-c2cc(N3C[C@@H](Oc4ncc(C5CC5)cc4N4CCOC5(COC5)[C@@H]4C)C[C@H]3C(=O)O)nc(C(F)F)n2)n1. The number of halogens is 2. The summed E-state index contributed by atoms with van der Waals surface area (Å²) in [6, 6.07) is 7.50. The third kappa shape index (κ3) is 5.79. The number of aliphatic carboxylic acids is 1. The van der Waals surface area contributed by atoms with Gasteiger partial charge in [0.15, 0.2) is 5.82 Å². The number of ether oxygens (including phenoxy) is 4. The van der Waals surface area contributed by atoms with Crippen molar-refractivity contribution in [3.05, 3.63) is 47.9 Å². The van der Waals surface area contributed by atoms with Crippen LogP contribution in [0.5, 0.6) is 11.8 Å². The average molecular weight is 639 g/mol. The second-order valence-corrected chi connectivity index (χ2v) is 12.2. The van der Waals surface area contributed by atoms with Gasteiger partial charge in [-0.05, 0) is 50.3 Å². The van der Waals surface area contributed by atoms with E-state index in [0.717, 1.165) is 24.1 Å². The largest absolute Gasteiger partial charge is 0.480 e. The molecule has 3 saturated heterocycles. The molecule has 1 aliphatic carbocycles. The number of pyridine rings is 2. The summed E-state index contributed by atoms with van der Waals surface area (Å²) in [6.07, 6.45) is 0.567. The van der Waals surface area contributed by atoms with Gasteiger partial charge < -0.3 is 33.9 Å². The summed E-state index contributed by atoms with van der Waals surface area (Å²) < 4.78 is 51.7. The lowest BCUT2D eigenvalue weighted by molar-refractivity contribution is -0.228. The number of aromatic nitrogens is 4. The van der Waals surface area contributed by atoms with Crippen molar-refractivity contribution in [1.29, 1.82) is 0 Å². The third-order valence-corrected chi connectivity index (χ3v) is 9.18. The van der Waals surface area contributed by atoms with Crippen LogP contribution in [-0.2, 0) is 14.3 Å². The quantitative estimate of drug-likeness (QED) is 0.341. The Hall–Kier alpha value is -4.17. The number of morpholine rings is 1. The van der Waals surface area contributed by atoms with Crippen molar-refractivity contribution in [2.45, 2.75) is 69.2 Å². The summed E-state index contributed by atoms with van der Waals surface area (Å²) in [5.41, 5.74) is 2.01. The molecule has 14 heteroatoms. The molecule has 1 saturated carbocycles. The predicted octanol–water partition coefficient (Wildman–Crippen LogP) is 4.25. The van der Waals surface area contributed by atoms with Crippen LogP contribution in [0.15, 0.2) is 36.5 Å². The average Bonchev–Trinajstić information content (AvgIpc) is 3.80. The molecule has 4 fully saturated rings. The Kier molecular flexibility index (Phi) is 8.09. The highest BCUT2D eigenvalue weighted by atomic mass is 19.3. The molecule has 3 aliphatic heterocycles. The van der Waals surface area contributed by atoms with Crippen molar-refractivity contribution >= 4 is 17.5 Å². The molecule has 0 aromatic carbocycles. The fourth-order valence-corrected chi connectivity index (χ4v) is 6.44. The van der Waals surface area contributed by atoms with E-state index in [9.17, 15) is 18.7 Å². The molecule has 244 valence electrons. The van der Waals surface area contributed by atoms with E-state index in [1.165, 1.54) is 11.0 Å². The Morgan fingerprint density at radius 3 is 2.67 bits per heavy atom. The van der Waals surface area contributed by atoms with Gasteiger partial charge in [-0.2, -0.15) is 0 Å². The van der Waals surface area contributed by atoms with Crippen LogP contribution in [0.4, 0.5) is 20.3 Å². The summed E-state index contributed by atoms with van der Waals surface area (Å²) in [5.74, 6) is -0.604. The van der Waals surface area contributed by atoms with Gasteiger partial charge in [0.25, 0.3) is 6.43 Å². The molecule has 1 N–H and O–H groups in total. The topological polar surface area (TPSA) is 132 Å². The van der Waals surface area contributed by atoms with Gasteiger partial charge >= 0.3 is 5.97 Å². The van der Waals surface area contributed by atoms with Gasteiger partial charge in [0.2, 0.25) is 11.8 Å². The molecule has 3 atom stereocenters. The maximum atomic E-state index is 14.0. The number of rotatable bonds is 10. The first-order chi connectivity index (χ1) is 22.2. The third-order valence-electron chi connectivity index (χ3n) is 9.18. The van der Waals surface area contributed by atoms with Gasteiger partial charge in [0.1, 0.15) is 29.3 Å². The molecule has 1 spiro atoms. The molecule has 0 bridgehead atoms. The lowest BCUT2D eigenvalue weighted by Crippen LogP contribution is -2.68. The predicted molar refractivity (Wildman–Crippen MR) is 162 cm³/mol. The Labute approximate surface area is 264 Å². The first-order valence-corrected chi connectivity index (χ1v) is 15.7. The molecule has 0 amide bonds. The van der Waals surface area contributed by atoms with E-state index in [1.54, 1.807) is 18.2 Å². The number of carboxylic acids is 1. The summed E-state index contributed by atoms with van der Waals surface area (Å²) in [4.78, 5) is 33.5. The van der Waals surface area contributed by atoms with Gasteiger partial charge in [0.05, 0.1) is 50.4 Å². The van der Waals surface area contributed by atoms with Crippen molar-refractivity contribution in [3.63, 3.8) is 0 Å². The minimum absolute atomic E-state index is 0.00231. The number of carboxylic acid groups (broad SMARTS) is 1. The first kappa shape index (κ1) is 30.5. The highest BCUT2D eigenvalue weighted by molar-refractivity contribution is 5.79. The van der Waals surface area contributed by atoms with Crippen LogP contribution in [0.25, 0.3) is 11.4 Å². The van der Waals surface area contributed by atoms with E-state index in [2.05, 4.69) is 32.8 Å². The number of hydrogen-bond donors (Lipinski definition) is 1. The van der Waals surface area contributed by atoms with Crippen LogP contribution >= 0.6 is 0 Å². The zero-order valence-electron chi connectivity index (χ0n) is 25.6. The second kappa shape index (κ2) is 12.2. The minimum Gasteiger partial charge on any atom is -0.480 e. The highest BCUT2D eigenvalue weighted by Crippen LogP contribution is 2.45. The summed E-state index contributed by atoms with van der Waals surface area (Å²) in [6.45, 7) is 6.59. The molecular weight excluding hydrogens is 602 g/mol. The molecule has 0 unspecified atom stereocenters.